The van der Waals surface area contributed by atoms with Crippen LogP contribution < -0.4 is 0 Å². The van der Waals surface area contributed by atoms with Crippen LogP contribution in [0.15, 0.2) is 0 Å². The Kier molecular flexibility index (Phi) is 4.34. The molecule has 0 radical (unpaired) electrons. The van der Waals surface area contributed by atoms with Crippen molar-refractivity contribution in [1.29, 1.82) is 0 Å². The minimum Gasteiger partial charge on any atom is -0.466 e. The number of hydrogen-bond acceptors (Lipinski definition) is 3. The minimum atomic E-state index is -0.283. The summed E-state index contributed by atoms with van der Waals surface area (Å²) in [4.78, 5) is 24.1. The van der Waals surface area contributed by atoms with Gasteiger partial charge in [0.2, 0.25) is 0 Å². The second kappa shape index (κ2) is 5.19. The Hall–Kier alpha value is -0.860. The maximum absolute atomic E-state index is 12.1. The highest BCUT2D eigenvalue weighted by Gasteiger charge is 2.49. The molecule has 3 nitrogen and oxygen atoms in total. The number of ether oxygens (including phenoxy) is 1. The Balaban J connectivity index is 2.98. The van der Waals surface area contributed by atoms with E-state index in [0.717, 1.165) is 6.42 Å². The molecule has 0 amide bonds. The Morgan fingerprint density at radius 1 is 1.41 bits per heavy atom. The molecule has 0 aromatic heterocycles. The van der Waals surface area contributed by atoms with Gasteiger partial charge in [-0.3, -0.25) is 9.59 Å². The molecule has 3 heteroatoms. The number of Topliss-reactive ketones (excluding diaryl/α,β-unsaturated/α-hetero) is 1. The van der Waals surface area contributed by atoms with Crippen molar-refractivity contribution in [3.05, 3.63) is 0 Å². The zero-order valence-electron chi connectivity index (χ0n) is 11.6. The number of rotatable bonds is 3. The van der Waals surface area contributed by atoms with Gasteiger partial charge in [-0.2, -0.15) is 0 Å². The highest BCUT2D eigenvalue weighted by atomic mass is 16.5. The van der Waals surface area contributed by atoms with Crippen LogP contribution in [0.4, 0.5) is 0 Å². The standard InChI is InChI=1S/C14H24O3/c1-6-10-9(3)12(13(16)17-7-2)14(4,5)8-11(10)15/h9-10,12H,6-8H2,1-5H3/t9-,10+,12+/m1/s1. The molecule has 0 aromatic carbocycles. The fraction of sp³-hybridized carbons (Fsp3) is 0.857. The van der Waals surface area contributed by atoms with Crippen LogP contribution in [0, 0.1) is 23.2 Å². The summed E-state index contributed by atoms with van der Waals surface area (Å²) in [5, 5.41) is 0. The first kappa shape index (κ1) is 14.2. The van der Waals surface area contributed by atoms with Crippen LogP contribution in [0.2, 0.25) is 0 Å². The highest BCUT2D eigenvalue weighted by molar-refractivity contribution is 5.86. The highest BCUT2D eigenvalue weighted by Crippen LogP contribution is 2.46. The lowest BCUT2D eigenvalue weighted by molar-refractivity contribution is -0.161. The molecule has 0 aliphatic heterocycles. The van der Waals surface area contributed by atoms with Crippen molar-refractivity contribution in [1.82, 2.24) is 0 Å². The van der Waals surface area contributed by atoms with Gasteiger partial charge < -0.3 is 4.74 Å². The monoisotopic (exact) mass is 240 g/mol. The van der Waals surface area contributed by atoms with Gasteiger partial charge in [0.05, 0.1) is 12.5 Å². The third-order valence-corrected chi connectivity index (χ3v) is 4.03. The second-order valence-corrected chi connectivity index (χ2v) is 5.74. The molecule has 0 saturated heterocycles. The van der Waals surface area contributed by atoms with Crippen molar-refractivity contribution in [2.45, 2.75) is 47.5 Å². The average molecular weight is 240 g/mol. The quantitative estimate of drug-likeness (QED) is 0.712. The van der Waals surface area contributed by atoms with E-state index in [-0.39, 0.29) is 29.1 Å². The number of ketones is 1. The van der Waals surface area contributed by atoms with E-state index in [1.807, 2.05) is 34.6 Å². The Labute approximate surface area is 104 Å². The average Bonchev–Trinajstić information content (AvgIpc) is 2.15. The molecule has 1 aliphatic carbocycles. The molecule has 1 saturated carbocycles. The van der Waals surface area contributed by atoms with Crippen molar-refractivity contribution >= 4 is 11.8 Å². The fourth-order valence-electron chi connectivity index (χ4n) is 3.29. The molecule has 1 fully saturated rings. The summed E-state index contributed by atoms with van der Waals surface area (Å²) in [6, 6.07) is 0. The van der Waals surface area contributed by atoms with Crippen molar-refractivity contribution in [2.75, 3.05) is 6.61 Å². The van der Waals surface area contributed by atoms with Crippen LogP contribution in [0.25, 0.3) is 0 Å². The summed E-state index contributed by atoms with van der Waals surface area (Å²) in [5.41, 5.74) is -0.283. The second-order valence-electron chi connectivity index (χ2n) is 5.74. The van der Waals surface area contributed by atoms with E-state index in [1.165, 1.54) is 0 Å². The van der Waals surface area contributed by atoms with Crippen molar-refractivity contribution < 1.29 is 14.3 Å². The van der Waals surface area contributed by atoms with Gasteiger partial charge in [0.1, 0.15) is 5.78 Å². The van der Waals surface area contributed by atoms with E-state index in [2.05, 4.69) is 0 Å². The third kappa shape index (κ3) is 2.70. The van der Waals surface area contributed by atoms with Gasteiger partial charge in [-0.05, 0) is 24.7 Å². The Bertz CT molecular complexity index is 307. The summed E-state index contributed by atoms with van der Waals surface area (Å²) < 4.78 is 5.17. The summed E-state index contributed by atoms with van der Waals surface area (Å²) in [5.74, 6) is 0.0827. The Morgan fingerprint density at radius 2 is 2.00 bits per heavy atom. The molecule has 17 heavy (non-hydrogen) atoms. The normalized spacial score (nSPS) is 32.3. The van der Waals surface area contributed by atoms with Crippen LogP contribution in [0.5, 0.6) is 0 Å². The predicted molar refractivity (Wildman–Crippen MR) is 66.5 cm³/mol. The lowest BCUT2D eigenvalue weighted by Gasteiger charge is -2.44. The number of carbonyl (C=O) groups excluding carboxylic acids is 2. The van der Waals surface area contributed by atoms with Gasteiger partial charge in [-0.15, -0.1) is 0 Å². The smallest absolute Gasteiger partial charge is 0.309 e. The molecule has 3 atom stereocenters. The van der Waals surface area contributed by atoms with Crippen LogP contribution >= 0.6 is 0 Å². The molecule has 0 N–H and O–H groups in total. The lowest BCUT2D eigenvalue weighted by Crippen LogP contribution is -2.48. The molecule has 0 heterocycles. The zero-order valence-corrected chi connectivity index (χ0v) is 11.6. The maximum atomic E-state index is 12.1. The first-order chi connectivity index (χ1) is 7.85. The summed E-state index contributed by atoms with van der Waals surface area (Å²) in [6.45, 7) is 10.2. The largest absolute Gasteiger partial charge is 0.466 e. The molecule has 0 spiro atoms. The van der Waals surface area contributed by atoms with E-state index in [1.54, 1.807) is 0 Å². The van der Waals surface area contributed by atoms with Gasteiger partial charge in [-0.1, -0.05) is 27.7 Å². The van der Waals surface area contributed by atoms with Crippen LogP contribution in [0.1, 0.15) is 47.5 Å². The molecule has 98 valence electrons. The van der Waals surface area contributed by atoms with Crippen LogP contribution in [0.3, 0.4) is 0 Å². The summed E-state index contributed by atoms with van der Waals surface area (Å²) >= 11 is 0. The van der Waals surface area contributed by atoms with E-state index in [4.69, 9.17) is 4.74 Å². The van der Waals surface area contributed by atoms with E-state index in [9.17, 15) is 9.59 Å². The van der Waals surface area contributed by atoms with E-state index >= 15 is 0 Å². The molecule has 0 bridgehead atoms. The molecule has 0 unspecified atom stereocenters. The maximum Gasteiger partial charge on any atom is 0.309 e. The molecular formula is C14H24O3. The van der Waals surface area contributed by atoms with Gasteiger partial charge >= 0.3 is 5.97 Å². The van der Waals surface area contributed by atoms with Gasteiger partial charge in [0.25, 0.3) is 0 Å². The lowest BCUT2D eigenvalue weighted by atomic mass is 9.59. The number of carbonyl (C=O) groups is 2. The topological polar surface area (TPSA) is 43.4 Å². The molecule has 0 aromatic rings. The van der Waals surface area contributed by atoms with Crippen molar-refractivity contribution in [3.63, 3.8) is 0 Å². The predicted octanol–water partition coefficient (Wildman–Crippen LogP) is 2.83. The first-order valence-corrected chi connectivity index (χ1v) is 6.54. The minimum absolute atomic E-state index is 0.0115. The molecule has 1 rings (SSSR count). The number of esters is 1. The summed E-state index contributed by atoms with van der Waals surface area (Å²) in [6.07, 6.45) is 1.30. The SMILES string of the molecule is CCOC(=O)[C@@H]1[C@H](C)[C@H](CC)C(=O)CC1(C)C. The van der Waals surface area contributed by atoms with Gasteiger partial charge in [0, 0.05) is 12.3 Å². The fourth-order valence-corrected chi connectivity index (χ4v) is 3.29. The zero-order chi connectivity index (χ0) is 13.2. The summed E-state index contributed by atoms with van der Waals surface area (Å²) in [7, 11) is 0. The third-order valence-electron chi connectivity index (χ3n) is 4.03. The van der Waals surface area contributed by atoms with E-state index < -0.39 is 0 Å². The van der Waals surface area contributed by atoms with Crippen LogP contribution in [-0.2, 0) is 14.3 Å². The molecule has 1 aliphatic rings. The first-order valence-electron chi connectivity index (χ1n) is 6.54. The van der Waals surface area contributed by atoms with E-state index in [0.29, 0.717) is 18.8 Å². The van der Waals surface area contributed by atoms with Crippen molar-refractivity contribution in [2.24, 2.45) is 23.2 Å². The van der Waals surface area contributed by atoms with Crippen LogP contribution in [-0.4, -0.2) is 18.4 Å². The molecular weight excluding hydrogens is 216 g/mol. The van der Waals surface area contributed by atoms with Gasteiger partial charge in [-0.25, -0.2) is 0 Å². The van der Waals surface area contributed by atoms with Gasteiger partial charge in [0.15, 0.2) is 0 Å². The van der Waals surface area contributed by atoms with Crippen molar-refractivity contribution in [3.8, 4) is 0 Å². The number of hydrogen-bond donors (Lipinski definition) is 0. The Morgan fingerprint density at radius 3 is 2.47 bits per heavy atom.